The summed E-state index contributed by atoms with van der Waals surface area (Å²) in [4.78, 5) is 5.07. The summed E-state index contributed by atoms with van der Waals surface area (Å²) in [7, 11) is 0. The van der Waals surface area contributed by atoms with Crippen molar-refractivity contribution in [2.24, 2.45) is 0 Å². The molecule has 0 fully saturated rings. The van der Waals surface area contributed by atoms with Gasteiger partial charge in [-0.3, -0.25) is 4.40 Å². The molecule has 3 heteroatoms. The second-order valence-corrected chi connectivity index (χ2v) is 14.5. The lowest BCUT2D eigenvalue weighted by molar-refractivity contribution is 1.04. The van der Waals surface area contributed by atoms with E-state index in [1.165, 1.54) is 54.9 Å². The van der Waals surface area contributed by atoms with E-state index in [-0.39, 0.29) is 0 Å². The van der Waals surface area contributed by atoms with Crippen LogP contribution < -0.4 is 0 Å². The predicted octanol–water partition coefficient (Wildman–Crippen LogP) is 13.7. The fourth-order valence-corrected chi connectivity index (χ4v) is 8.84. The summed E-state index contributed by atoms with van der Waals surface area (Å²) < 4.78 is 2.20. The number of aromatic nitrogens is 2. The van der Waals surface area contributed by atoms with Crippen LogP contribution in [0.15, 0.2) is 176 Å². The van der Waals surface area contributed by atoms with Crippen molar-refractivity contribution in [1.29, 1.82) is 5.26 Å². The Balaban J connectivity index is 1.06. The molecule has 0 saturated carbocycles. The van der Waals surface area contributed by atoms with E-state index < -0.39 is 0 Å². The molecule has 0 amide bonds. The Morgan fingerprint density at radius 2 is 1.11 bits per heavy atom. The fraction of sp³-hybridized carbons (Fsp3) is 0.0385. The summed E-state index contributed by atoms with van der Waals surface area (Å²) in [5.74, 6) is 0. The second-order valence-electron chi connectivity index (χ2n) is 14.5. The van der Waals surface area contributed by atoms with Gasteiger partial charge in [0.2, 0.25) is 0 Å². The summed E-state index contributed by atoms with van der Waals surface area (Å²) in [5, 5.41) is 18.2. The van der Waals surface area contributed by atoms with Crippen molar-refractivity contribution in [3.8, 4) is 39.4 Å². The Morgan fingerprint density at radius 1 is 0.473 bits per heavy atom. The minimum absolute atomic E-state index is 0.634. The van der Waals surface area contributed by atoms with E-state index in [4.69, 9.17) is 4.98 Å². The van der Waals surface area contributed by atoms with Crippen LogP contribution in [-0.4, -0.2) is 9.38 Å². The van der Waals surface area contributed by atoms with Crippen molar-refractivity contribution in [3.63, 3.8) is 0 Å². The van der Waals surface area contributed by atoms with Gasteiger partial charge in [-0.25, -0.2) is 4.98 Å². The first kappa shape index (κ1) is 31.3. The number of allylic oxidation sites excluding steroid dienone is 4. The molecule has 2 heterocycles. The van der Waals surface area contributed by atoms with Gasteiger partial charge in [0.25, 0.3) is 0 Å². The van der Waals surface area contributed by atoms with Crippen LogP contribution in [0.2, 0.25) is 0 Å². The second kappa shape index (κ2) is 12.4. The van der Waals surface area contributed by atoms with Gasteiger partial charge in [0.15, 0.2) is 0 Å². The minimum atomic E-state index is 0.634. The number of rotatable bonds is 4. The first-order chi connectivity index (χ1) is 27.2. The van der Waals surface area contributed by atoms with Gasteiger partial charge in [-0.2, -0.15) is 5.26 Å². The highest BCUT2D eigenvalue weighted by atomic mass is 15.0. The number of hydrogen-bond acceptors (Lipinski definition) is 2. The third kappa shape index (κ3) is 4.93. The van der Waals surface area contributed by atoms with E-state index in [1.807, 2.05) is 24.3 Å². The zero-order valence-corrected chi connectivity index (χ0v) is 30.0. The maximum absolute atomic E-state index is 9.79. The van der Waals surface area contributed by atoms with Crippen molar-refractivity contribution >= 4 is 65.5 Å². The summed E-state index contributed by atoms with van der Waals surface area (Å²) in [6, 6.07) is 58.9. The molecule has 0 aliphatic heterocycles. The van der Waals surface area contributed by atoms with Gasteiger partial charge in [0, 0.05) is 10.8 Å². The Bertz CT molecular complexity index is 3300. The molecule has 0 atom stereocenters. The summed E-state index contributed by atoms with van der Waals surface area (Å²) in [6.07, 6.45) is 9.16. The molecule has 0 unspecified atom stereocenters. The number of nitrogens with zero attached hydrogens (tertiary/aromatic N) is 3. The first-order valence-corrected chi connectivity index (χ1v) is 18.9. The first-order valence-electron chi connectivity index (χ1n) is 18.9. The quantitative estimate of drug-likeness (QED) is 0.136. The summed E-state index contributed by atoms with van der Waals surface area (Å²) in [6.45, 7) is 0. The molecule has 10 aromatic rings. The van der Waals surface area contributed by atoms with E-state index in [2.05, 4.69) is 162 Å². The lowest BCUT2D eigenvalue weighted by Crippen LogP contribution is -1.95. The van der Waals surface area contributed by atoms with Crippen LogP contribution in [0.5, 0.6) is 0 Å². The average Bonchev–Trinajstić information content (AvgIpc) is 3.66. The molecule has 0 radical (unpaired) electrons. The smallest absolute Gasteiger partial charge is 0.146 e. The maximum Gasteiger partial charge on any atom is 0.146 e. The number of benzene rings is 8. The number of imidazole rings is 1. The summed E-state index contributed by atoms with van der Waals surface area (Å²) >= 11 is 0. The maximum atomic E-state index is 9.79. The van der Waals surface area contributed by atoms with E-state index in [0.717, 1.165) is 62.3 Å². The number of pyridine rings is 1. The molecule has 0 spiro atoms. The van der Waals surface area contributed by atoms with Crippen LogP contribution in [0, 0.1) is 11.3 Å². The average molecular weight is 700 g/mol. The SMILES string of the molecule is N#Cc1ccc2c3cc(-c4ccc(-c5ccc6c(C7=CCCC=C7)c7ccccc7c(-c7ccccc7)c6c5)cc4)ccc3c3nc4ccccc4n3c2c1. The molecule has 2 aromatic heterocycles. The van der Waals surface area contributed by atoms with Crippen LogP contribution in [0.4, 0.5) is 0 Å². The highest BCUT2D eigenvalue weighted by Gasteiger charge is 2.19. The highest BCUT2D eigenvalue weighted by Crippen LogP contribution is 2.44. The Hall–Kier alpha value is -7.28. The Kier molecular flexibility index (Phi) is 7.05. The lowest BCUT2D eigenvalue weighted by atomic mass is 9.83. The molecule has 0 bridgehead atoms. The summed E-state index contributed by atoms with van der Waals surface area (Å²) in [5.41, 5.74) is 14.3. The number of hydrogen-bond donors (Lipinski definition) is 0. The van der Waals surface area contributed by atoms with Crippen molar-refractivity contribution in [3.05, 3.63) is 187 Å². The van der Waals surface area contributed by atoms with Gasteiger partial charge in [0.05, 0.1) is 28.2 Å². The van der Waals surface area contributed by atoms with Gasteiger partial charge in [0.1, 0.15) is 5.65 Å². The molecule has 1 aliphatic rings. The van der Waals surface area contributed by atoms with Crippen molar-refractivity contribution in [2.45, 2.75) is 12.8 Å². The van der Waals surface area contributed by atoms with Gasteiger partial charge >= 0.3 is 0 Å². The fourth-order valence-electron chi connectivity index (χ4n) is 8.84. The monoisotopic (exact) mass is 699 g/mol. The van der Waals surface area contributed by atoms with Gasteiger partial charge in [-0.1, -0.05) is 133 Å². The Morgan fingerprint density at radius 3 is 1.85 bits per heavy atom. The Labute approximate surface area is 318 Å². The molecule has 3 nitrogen and oxygen atoms in total. The number of fused-ring (bicyclic) bond motifs is 10. The van der Waals surface area contributed by atoms with E-state index in [1.54, 1.807) is 0 Å². The van der Waals surface area contributed by atoms with Crippen LogP contribution in [0.3, 0.4) is 0 Å². The van der Waals surface area contributed by atoms with Gasteiger partial charge in [-0.05, 0) is 127 Å². The lowest BCUT2D eigenvalue weighted by Gasteiger charge is -2.20. The van der Waals surface area contributed by atoms with Crippen LogP contribution >= 0.6 is 0 Å². The zero-order chi connectivity index (χ0) is 36.5. The third-order valence-electron chi connectivity index (χ3n) is 11.4. The van der Waals surface area contributed by atoms with E-state index in [0.29, 0.717) is 5.56 Å². The molecular formula is C52H33N3. The standard InChI is InChI=1S/C52H33N3/c53-32-33-19-26-40-45-30-38(25-28-44(45)52-54-47-17-9-10-18-48(47)55(52)49(40)29-33)34-20-22-35(23-21-34)39-24-27-43-46(31-39)51(37-13-5-2-6-14-37)42-16-8-7-15-41(42)50(43)36-11-3-1-4-12-36/h2-3,5-31H,1,4H2. The largest absolute Gasteiger partial charge is 0.292 e. The number of nitriles is 1. The molecular weight excluding hydrogens is 667 g/mol. The molecule has 1 aliphatic carbocycles. The van der Waals surface area contributed by atoms with Crippen LogP contribution in [0.25, 0.3) is 98.9 Å². The van der Waals surface area contributed by atoms with Crippen LogP contribution in [0.1, 0.15) is 24.0 Å². The molecule has 11 rings (SSSR count). The van der Waals surface area contributed by atoms with E-state index in [9.17, 15) is 5.26 Å². The topological polar surface area (TPSA) is 41.1 Å². The highest BCUT2D eigenvalue weighted by molar-refractivity contribution is 6.20. The predicted molar refractivity (Wildman–Crippen MR) is 230 cm³/mol. The van der Waals surface area contributed by atoms with Crippen molar-refractivity contribution in [1.82, 2.24) is 9.38 Å². The normalized spacial score (nSPS) is 13.0. The molecule has 55 heavy (non-hydrogen) atoms. The van der Waals surface area contributed by atoms with Gasteiger partial charge < -0.3 is 0 Å². The molecule has 0 N–H and O–H groups in total. The van der Waals surface area contributed by atoms with Crippen molar-refractivity contribution < 1.29 is 0 Å². The van der Waals surface area contributed by atoms with Crippen LogP contribution in [-0.2, 0) is 0 Å². The molecule has 8 aromatic carbocycles. The third-order valence-corrected chi connectivity index (χ3v) is 11.4. The minimum Gasteiger partial charge on any atom is -0.292 e. The van der Waals surface area contributed by atoms with Gasteiger partial charge in [-0.15, -0.1) is 0 Å². The van der Waals surface area contributed by atoms with Crippen molar-refractivity contribution in [2.75, 3.05) is 0 Å². The van der Waals surface area contributed by atoms with E-state index >= 15 is 0 Å². The molecule has 256 valence electrons. The zero-order valence-electron chi connectivity index (χ0n) is 30.0. The molecule has 0 saturated heterocycles. The number of para-hydroxylation sites is 2.